The van der Waals surface area contributed by atoms with E-state index in [2.05, 4.69) is 12.6 Å². The van der Waals surface area contributed by atoms with Crippen LogP contribution in [0.3, 0.4) is 0 Å². The Hall–Kier alpha value is -1.51. The van der Waals surface area contributed by atoms with E-state index in [-0.39, 0.29) is 18.4 Å². The molecule has 0 spiro atoms. The molecule has 2 nitrogen and oxygen atoms in total. The van der Waals surface area contributed by atoms with E-state index in [0.717, 1.165) is 22.1 Å². The molecule has 2 aromatic rings. The second kappa shape index (κ2) is 5.71. The van der Waals surface area contributed by atoms with E-state index in [9.17, 15) is 0 Å². The summed E-state index contributed by atoms with van der Waals surface area (Å²) >= 11 is 0. The van der Waals surface area contributed by atoms with Crippen molar-refractivity contribution in [2.45, 2.75) is 6.04 Å². The minimum absolute atomic E-state index is 0. The van der Waals surface area contributed by atoms with Crippen LogP contribution in [0.1, 0.15) is 11.6 Å². The first-order chi connectivity index (χ1) is 7.77. The molecule has 0 aliphatic carbocycles. The number of benzene rings is 2. The van der Waals surface area contributed by atoms with E-state index >= 15 is 0 Å². The molecule has 2 rings (SSSR count). The maximum atomic E-state index is 5.99. The van der Waals surface area contributed by atoms with Crippen molar-refractivity contribution >= 4 is 23.2 Å². The molecular formula is C14H16ClNO. The largest absolute Gasteiger partial charge is 0.496 e. The molecule has 90 valence electrons. The standard InChI is InChI=1S/C14H15NO.ClH/c1-3-13(15)11-8-9-14(16-2)12-7-5-4-6-10(11)12;/h3-9,13H,1,15H2,2H3;1H/t13-;/m1./s1. The molecule has 0 aliphatic rings. The Labute approximate surface area is 107 Å². The monoisotopic (exact) mass is 249 g/mol. The molecule has 2 aromatic carbocycles. The lowest BCUT2D eigenvalue weighted by Gasteiger charge is -2.13. The molecule has 0 saturated heterocycles. The first-order valence-electron chi connectivity index (χ1n) is 5.21. The zero-order chi connectivity index (χ0) is 11.5. The van der Waals surface area contributed by atoms with Gasteiger partial charge in [0.05, 0.1) is 7.11 Å². The molecule has 0 aromatic heterocycles. The summed E-state index contributed by atoms with van der Waals surface area (Å²) in [7, 11) is 1.68. The minimum Gasteiger partial charge on any atom is -0.496 e. The summed E-state index contributed by atoms with van der Waals surface area (Å²) < 4.78 is 5.33. The Morgan fingerprint density at radius 1 is 1.18 bits per heavy atom. The van der Waals surface area contributed by atoms with Crippen LogP contribution in [-0.2, 0) is 0 Å². The van der Waals surface area contributed by atoms with E-state index < -0.39 is 0 Å². The van der Waals surface area contributed by atoms with Gasteiger partial charge in [0, 0.05) is 11.4 Å². The molecule has 0 amide bonds. The topological polar surface area (TPSA) is 35.2 Å². The highest BCUT2D eigenvalue weighted by Crippen LogP contribution is 2.30. The molecule has 0 saturated carbocycles. The minimum atomic E-state index is -0.143. The van der Waals surface area contributed by atoms with Crippen molar-refractivity contribution in [3.8, 4) is 5.75 Å². The predicted octanol–water partition coefficient (Wildman–Crippen LogP) is 3.46. The molecule has 2 N–H and O–H groups in total. The molecule has 1 atom stereocenters. The molecular weight excluding hydrogens is 234 g/mol. The number of halogens is 1. The van der Waals surface area contributed by atoms with E-state index in [1.54, 1.807) is 13.2 Å². The second-order valence-electron chi connectivity index (χ2n) is 3.66. The third kappa shape index (κ3) is 2.43. The van der Waals surface area contributed by atoms with Crippen LogP contribution in [0.5, 0.6) is 5.75 Å². The average Bonchev–Trinajstić information content (AvgIpc) is 2.36. The van der Waals surface area contributed by atoms with Gasteiger partial charge >= 0.3 is 0 Å². The molecule has 0 bridgehead atoms. The van der Waals surface area contributed by atoms with Gasteiger partial charge in [0.15, 0.2) is 0 Å². The maximum absolute atomic E-state index is 5.99. The Morgan fingerprint density at radius 3 is 2.41 bits per heavy atom. The highest BCUT2D eigenvalue weighted by Gasteiger charge is 2.09. The van der Waals surface area contributed by atoms with Crippen LogP contribution in [0.25, 0.3) is 10.8 Å². The number of hydrogen-bond donors (Lipinski definition) is 1. The molecule has 0 fully saturated rings. The van der Waals surface area contributed by atoms with Crippen molar-refractivity contribution in [2.24, 2.45) is 5.73 Å². The number of hydrogen-bond acceptors (Lipinski definition) is 2. The third-order valence-electron chi connectivity index (χ3n) is 2.75. The fraction of sp³-hybridized carbons (Fsp3) is 0.143. The van der Waals surface area contributed by atoms with Gasteiger partial charge in [-0.05, 0) is 17.0 Å². The third-order valence-corrected chi connectivity index (χ3v) is 2.75. The van der Waals surface area contributed by atoms with Crippen LogP contribution in [0.2, 0.25) is 0 Å². The van der Waals surface area contributed by atoms with Crippen LogP contribution in [-0.4, -0.2) is 7.11 Å². The van der Waals surface area contributed by atoms with Crippen molar-refractivity contribution in [3.63, 3.8) is 0 Å². The van der Waals surface area contributed by atoms with Crippen molar-refractivity contribution in [2.75, 3.05) is 7.11 Å². The molecule has 3 heteroatoms. The zero-order valence-corrected chi connectivity index (χ0v) is 10.5. The van der Waals surface area contributed by atoms with Gasteiger partial charge in [-0.15, -0.1) is 19.0 Å². The SMILES string of the molecule is C=C[C@@H](N)c1ccc(OC)c2ccccc12.Cl. The lowest BCUT2D eigenvalue weighted by Crippen LogP contribution is -2.07. The Morgan fingerprint density at radius 2 is 1.82 bits per heavy atom. The van der Waals surface area contributed by atoms with Gasteiger partial charge in [0.25, 0.3) is 0 Å². The summed E-state index contributed by atoms with van der Waals surface area (Å²) in [5, 5.41) is 2.20. The first kappa shape index (κ1) is 13.6. The van der Waals surface area contributed by atoms with E-state index in [4.69, 9.17) is 10.5 Å². The molecule has 0 unspecified atom stereocenters. The number of rotatable bonds is 3. The Bertz CT molecular complexity index is 525. The van der Waals surface area contributed by atoms with Gasteiger partial charge in [-0.3, -0.25) is 0 Å². The van der Waals surface area contributed by atoms with Crippen LogP contribution in [0, 0.1) is 0 Å². The van der Waals surface area contributed by atoms with Crippen LogP contribution >= 0.6 is 12.4 Å². The fourth-order valence-corrected chi connectivity index (χ4v) is 1.89. The van der Waals surface area contributed by atoms with Crippen molar-refractivity contribution in [1.82, 2.24) is 0 Å². The van der Waals surface area contributed by atoms with Gasteiger partial charge in [-0.2, -0.15) is 0 Å². The molecule has 0 heterocycles. The van der Waals surface area contributed by atoms with Crippen molar-refractivity contribution in [1.29, 1.82) is 0 Å². The van der Waals surface area contributed by atoms with Gasteiger partial charge in [0.2, 0.25) is 0 Å². The summed E-state index contributed by atoms with van der Waals surface area (Å²) in [5.41, 5.74) is 7.07. The summed E-state index contributed by atoms with van der Waals surface area (Å²) in [6, 6.07) is 11.9. The number of ether oxygens (including phenoxy) is 1. The van der Waals surface area contributed by atoms with Crippen LogP contribution in [0.4, 0.5) is 0 Å². The zero-order valence-electron chi connectivity index (χ0n) is 9.72. The highest BCUT2D eigenvalue weighted by molar-refractivity contribution is 5.91. The van der Waals surface area contributed by atoms with Crippen molar-refractivity contribution < 1.29 is 4.74 Å². The number of fused-ring (bicyclic) bond motifs is 1. The smallest absolute Gasteiger partial charge is 0.126 e. The fourth-order valence-electron chi connectivity index (χ4n) is 1.89. The van der Waals surface area contributed by atoms with Gasteiger partial charge in [-0.25, -0.2) is 0 Å². The van der Waals surface area contributed by atoms with E-state index in [0.29, 0.717) is 0 Å². The molecule has 0 aliphatic heterocycles. The van der Waals surface area contributed by atoms with E-state index in [1.165, 1.54) is 0 Å². The van der Waals surface area contributed by atoms with Crippen molar-refractivity contribution in [3.05, 3.63) is 54.6 Å². The molecule has 17 heavy (non-hydrogen) atoms. The number of nitrogens with two attached hydrogens (primary N) is 1. The first-order valence-corrected chi connectivity index (χ1v) is 5.21. The summed E-state index contributed by atoms with van der Waals surface area (Å²) in [6.45, 7) is 3.73. The average molecular weight is 250 g/mol. The van der Waals surface area contributed by atoms with E-state index in [1.807, 2.05) is 30.3 Å². The maximum Gasteiger partial charge on any atom is 0.126 e. The lowest BCUT2D eigenvalue weighted by molar-refractivity contribution is 0.419. The highest BCUT2D eigenvalue weighted by atomic mass is 35.5. The molecule has 0 radical (unpaired) electrons. The summed E-state index contributed by atoms with van der Waals surface area (Å²) in [6.07, 6.45) is 1.74. The van der Waals surface area contributed by atoms with Crippen LogP contribution < -0.4 is 10.5 Å². The number of methoxy groups -OCH3 is 1. The second-order valence-corrected chi connectivity index (χ2v) is 3.66. The van der Waals surface area contributed by atoms with Gasteiger partial charge in [-0.1, -0.05) is 36.4 Å². The Balaban J connectivity index is 0.00000144. The summed E-state index contributed by atoms with van der Waals surface area (Å²) in [4.78, 5) is 0. The van der Waals surface area contributed by atoms with Gasteiger partial charge < -0.3 is 10.5 Å². The Kier molecular flexibility index (Phi) is 4.55. The van der Waals surface area contributed by atoms with Gasteiger partial charge in [0.1, 0.15) is 5.75 Å². The lowest BCUT2D eigenvalue weighted by atomic mass is 9.98. The predicted molar refractivity (Wildman–Crippen MR) is 74.9 cm³/mol. The summed E-state index contributed by atoms with van der Waals surface area (Å²) in [5.74, 6) is 0.871. The normalized spacial score (nSPS) is 11.6. The van der Waals surface area contributed by atoms with Crippen LogP contribution in [0.15, 0.2) is 49.1 Å². The quantitative estimate of drug-likeness (QED) is 0.846.